The molecule has 9 heteroatoms. The zero-order valence-corrected chi connectivity index (χ0v) is 24.3. The summed E-state index contributed by atoms with van der Waals surface area (Å²) in [6.07, 6.45) is 6.19. The molecule has 0 aliphatic carbocycles. The maximum Gasteiger partial charge on any atom is 0.309 e. The van der Waals surface area contributed by atoms with Crippen molar-refractivity contribution in [3.05, 3.63) is 66.2 Å². The van der Waals surface area contributed by atoms with Gasteiger partial charge in [-0.05, 0) is 43.2 Å². The summed E-state index contributed by atoms with van der Waals surface area (Å²) >= 11 is 1.46. The fourth-order valence-electron chi connectivity index (χ4n) is 5.22. The summed E-state index contributed by atoms with van der Waals surface area (Å²) in [5.41, 5.74) is 1.51. The van der Waals surface area contributed by atoms with Crippen LogP contribution in [0.3, 0.4) is 0 Å². The first-order valence-electron chi connectivity index (χ1n) is 13.0. The Hall–Kier alpha value is -2.49. The number of aliphatic carboxylic acids is 1. The second kappa shape index (κ2) is 13.5. The molecule has 38 heavy (non-hydrogen) atoms. The van der Waals surface area contributed by atoms with Crippen molar-refractivity contribution in [2.45, 2.75) is 68.2 Å². The zero-order chi connectivity index (χ0) is 27.9. The standard InChI is InChI=1S/C29H39NO6S2/c1-6-8-9-10-11-23-28(37-18-7-2)26(29(31)32)27(21-14-17-24(35-4)25(19-21)36-5)30(23)38(33,34)22-15-12-20(3)13-16-22/h7,12-17,19,23,26-28H,2,6,8-11,18H2,1,3-5H3,(H,31,32)/t23?,26-,27?,28+/m0/s1. The second-order valence-corrected chi connectivity index (χ2v) is 12.6. The number of nitrogens with zero attached hydrogens (tertiary/aromatic N) is 1. The number of aryl methyl sites for hydroxylation is 1. The minimum Gasteiger partial charge on any atom is -0.493 e. The molecule has 0 aromatic heterocycles. The number of carboxylic acids is 1. The highest BCUT2D eigenvalue weighted by Crippen LogP contribution is 2.51. The molecule has 208 valence electrons. The Morgan fingerprint density at radius 3 is 2.34 bits per heavy atom. The Labute approximate surface area is 231 Å². The van der Waals surface area contributed by atoms with Gasteiger partial charge in [0.05, 0.1) is 31.1 Å². The van der Waals surface area contributed by atoms with Crippen molar-refractivity contribution in [1.29, 1.82) is 0 Å². The Morgan fingerprint density at radius 2 is 1.76 bits per heavy atom. The van der Waals surface area contributed by atoms with E-state index in [4.69, 9.17) is 9.47 Å². The maximum absolute atomic E-state index is 14.3. The highest BCUT2D eigenvalue weighted by atomic mass is 32.2. The molecule has 0 spiro atoms. The third-order valence-electron chi connectivity index (χ3n) is 7.06. The number of carboxylic acid groups (broad SMARTS) is 1. The first-order valence-corrected chi connectivity index (χ1v) is 15.5. The SMILES string of the molecule is C=CCS[C@@H]1C(CCCCCC)N(S(=O)(=O)c2ccc(C)cc2)C(c2ccc(OC)c(OC)c2)[C@@H]1C(=O)O. The molecule has 0 bridgehead atoms. The molecule has 3 rings (SSSR count). The molecule has 2 aromatic rings. The van der Waals surface area contributed by atoms with Crippen molar-refractivity contribution < 1.29 is 27.8 Å². The average Bonchev–Trinajstić information content (AvgIpc) is 3.24. The van der Waals surface area contributed by atoms with E-state index in [9.17, 15) is 18.3 Å². The number of hydrogen-bond acceptors (Lipinski definition) is 6. The van der Waals surface area contributed by atoms with Crippen molar-refractivity contribution in [2.24, 2.45) is 5.92 Å². The lowest BCUT2D eigenvalue weighted by Gasteiger charge is -2.31. The van der Waals surface area contributed by atoms with Crippen molar-refractivity contribution in [3.63, 3.8) is 0 Å². The minimum absolute atomic E-state index is 0.158. The summed E-state index contributed by atoms with van der Waals surface area (Å²) in [4.78, 5) is 13.1. The van der Waals surface area contributed by atoms with E-state index in [-0.39, 0.29) is 4.90 Å². The molecule has 1 aliphatic rings. The van der Waals surface area contributed by atoms with Crippen LogP contribution in [0.1, 0.15) is 56.2 Å². The van der Waals surface area contributed by atoms with E-state index in [0.29, 0.717) is 29.2 Å². The number of unbranched alkanes of at least 4 members (excludes halogenated alkanes) is 3. The van der Waals surface area contributed by atoms with E-state index in [1.807, 2.05) is 6.92 Å². The fourth-order valence-corrected chi connectivity index (χ4v) is 8.49. The van der Waals surface area contributed by atoms with Crippen LogP contribution in [0.5, 0.6) is 11.5 Å². The molecule has 1 N–H and O–H groups in total. The Balaban J connectivity index is 2.24. The molecule has 7 nitrogen and oxygen atoms in total. The van der Waals surface area contributed by atoms with Crippen molar-refractivity contribution in [2.75, 3.05) is 20.0 Å². The number of methoxy groups -OCH3 is 2. The minimum atomic E-state index is -4.05. The Morgan fingerprint density at radius 1 is 1.08 bits per heavy atom. The van der Waals surface area contributed by atoms with Gasteiger partial charge in [-0.25, -0.2) is 8.42 Å². The molecule has 1 saturated heterocycles. The monoisotopic (exact) mass is 561 g/mol. The number of benzene rings is 2. The number of hydrogen-bond donors (Lipinski definition) is 1. The van der Waals surface area contributed by atoms with Gasteiger partial charge in [0.1, 0.15) is 0 Å². The van der Waals surface area contributed by atoms with Crippen LogP contribution in [0.2, 0.25) is 0 Å². The van der Waals surface area contributed by atoms with E-state index in [1.165, 1.54) is 30.3 Å². The Kier molecular flexibility index (Phi) is 10.7. The summed E-state index contributed by atoms with van der Waals surface area (Å²) in [7, 11) is -1.02. The lowest BCUT2D eigenvalue weighted by molar-refractivity contribution is -0.142. The summed E-state index contributed by atoms with van der Waals surface area (Å²) in [5.74, 6) is -0.552. The van der Waals surface area contributed by atoms with Gasteiger partial charge in [-0.15, -0.1) is 6.58 Å². The van der Waals surface area contributed by atoms with Gasteiger partial charge >= 0.3 is 5.97 Å². The number of thioether (sulfide) groups is 1. The van der Waals surface area contributed by atoms with Gasteiger partial charge in [-0.3, -0.25) is 4.79 Å². The summed E-state index contributed by atoms with van der Waals surface area (Å²) in [6.45, 7) is 7.84. The number of rotatable bonds is 14. The maximum atomic E-state index is 14.3. The van der Waals surface area contributed by atoms with E-state index in [1.54, 1.807) is 48.5 Å². The first kappa shape index (κ1) is 30.1. The van der Waals surface area contributed by atoms with Crippen LogP contribution in [0.25, 0.3) is 0 Å². The van der Waals surface area contributed by atoms with Gasteiger partial charge in [-0.1, -0.05) is 62.4 Å². The molecular weight excluding hydrogens is 522 g/mol. The number of ether oxygens (including phenoxy) is 2. The molecule has 0 saturated carbocycles. The normalized spacial score (nSPS) is 21.8. The summed E-state index contributed by atoms with van der Waals surface area (Å²) in [6, 6.07) is 10.5. The van der Waals surface area contributed by atoms with Crippen molar-refractivity contribution >= 4 is 27.8 Å². The molecule has 4 atom stereocenters. The second-order valence-electron chi connectivity index (χ2n) is 9.57. The predicted octanol–water partition coefficient (Wildman–Crippen LogP) is 6.09. The Bertz CT molecular complexity index is 1200. The van der Waals surface area contributed by atoms with Crippen LogP contribution in [0.4, 0.5) is 0 Å². The average molecular weight is 562 g/mol. The number of carbonyl (C=O) groups is 1. The van der Waals surface area contributed by atoms with E-state index >= 15 is 0 Å². The predicted molar refractivity (Wildman–Crippen MR) is 153 cm³/mol. The van der Waals surface area contributed by atoms with E-state index in [2.05, 4.69) is 13.5 Å². The molecule has 1 fully saturated rings. The lowest BCUT2D eigenvalue weighted by Crippen LogP contribution is -2.40. The van der Waals surface area contributed by atoms with Crippen molar-refractivity contribution in [1.82, 2.24) is 4.31 Å². The highest BCUT2D eigenvalue weighted by Gasteiger charge is 2.57. The van der Waals surface area contributed by atoms with E-state index < -0.39 is 39.2 Å². The molecule has 1 aliphatic heterocycles. The highest BCUT2D eigenvalue weighted by molar-refractivity contribution is 8.00. The van der Waals surface area contributed by atoms with Gasteiger partial charge in [0.25, 0.3) is 0 Å². The van der Waals surface area contributed by atoms with Crippen LogP contribution >= 0.6 is 11.8 Å². The first-order chi connectivity index (χ1) is 18.2. The topological polar surface area (TPSA) is 93.1 Å². The summed E-state index contributed by atoms with van der Waals surface area (Å²) in [5, 5.41) is 10.1. The van der Waals surface area contributed by atoms with Gasteiger partial charge in [0, 0.05) is 17.0 Å². The van der Waals surface area contributed by atoms with Crippen LogP contribution in [0, 0.1) is 12.8 Å². The van der Waals surface area contributed by atoms with Gasteiger partial charge in [0.2, 0.25) is 10.0 Å². The third kappa shape index (κ3) is 6.38. The van der Waals surface area contributed by atoms with E-state index in [0.717, 1.165) is 31.2 Å². The van der Waals surface area contributed by atoms with Crippen LogP contribution in [-0.4, -0.2) is 55.1 Å². The largest absolute Gasteiger partial charge is 0.493 e. The van der Waals surface area contributed by atoms with Gasteiger partial charge < -0.3 is 14.6 Å². The van der Waals surface area contributed by atoms with Gasteiger partial charge in [-0.2, -0.15) is 16.1 Å². The molecule has 0 radical (unpaired) electrons. The molecule has 0 amide bonds. The molecule has 1 heterocycles. The van der Waals surface area contributed by atoms with Crippen LogP contribution in [-0.2, 0) is 14.8 Å². The van der Waals surface area contributed by atoms with Crippen molar-refractivity contribution in [3.8, 4) is 11.5 Å². The smallest absolute Gasteiger partial charge is 0.309 e. The number of sulfonamides is 1. The van der Waals surface area contributed by atoms with Crippen LogP contribution in [0.15, 0.2) is 60.0 Å². The third-order valence-corrected chi connectivity index (χ3v) is 10.4. The van der Waals surface area contributed by atoms with Crippen LogP contribution < -0.4 is 9.47 Å². The lowest BCUT2D eigenvalue weighted by atomic mass is 9.92. The summed E-state index contributed by atoms with van der Waals surface area (Å²) < 4.78 is 41.0. The quantitative estimate of drug-likeness (QED) is 0.221. The molecular formula is C29H39NO6S2. The zero-order valence-electron chi connectivity index (χ0n) is 22.6. The molecule has 2 unspecified atom stereocenters. The molecule has 2 aromatic carbocycles. The fraction of sp³-hybridized carbons (Fsp3) is 0.483. The van der Waals surface area contributed by atoms with Gasteiger partial charge in [0.15, 0.2) is 11.5 Å².